The summed E-state index contributed by atoms with van der Waals surface area (Å²) in [5.74, 6) is -1.13. The number of anilines is 2. The van der Waals surface area contributed by atoms with Gasteiger partial charge in [-0.3, -0.25) is 0 Å². The minimum absolute atomic E-state index is 0.0427. The molecule has 0 saturated heterocycles. The summed E-state index contributed by atoms with van der Waals surface area (Å²) in [4.78, 5) is 23.0. The molecule has 0 aliphatic heterocycles. The van der Waals surface area contributed by atoms with Crippen molar-refractivity contribution in [2.75, 3.05) is 24.7 Å². The summed E-state index contributed by atoms with van der Waals surface area (Å²) >= 11 is 0. The van der Waals surface area contributed by atoms with Crippen molar-refractivity contribution in [3.05, 3.63) is 48.6 Å². The van der Waals surface area contributed by atoms with Crippen LogP contribution in [0, 0.1) is 0 Å². The molecule has 2 rings (SSSR count). The van der Waals surface area contributed by atoms with Crippen LogP contribution in [0.4, 0.5) is 11.4 Å². The highest BCUT2D eigenvalue weighted by atomic mass is 16.6. The standard InChI is InChI=1S/C16H16N2O4/c1-2-15(19)21-6-7-22-16(20)13-9-10(17)8-12-11(13)4-3-5-14(12)18/h2-5,8-9H,1,6-7,17-18H2. The van der Waals surface area contributed by atoms with E-state index in [0.29, 0.717) is 27.7 Å². The van der Waals surface area contributed by atoms with Crippen molar-refractivity contribution >= 4 is 34.1 Å². The van der Waals surface area contributed by atoms with E-state index in [2.05, 4.69) is 6.58 Å². The molecule has 0 saturated carbocycles. The van der Waals surface area contributed by atoms with Crippen molar-refractivity contribution in [2.24, 2.45) is 0 Å². The van der Waals surface area contributed by atoms with Gasteiger partial charge in [-0.2, -0.15) is 0 Å². The Morgan fingerprint density at radius 1 is 1.09 bits per heavy atom. The van der Waals surface area contributed by atoms with Crippen molar-refractivity contribution in [3.8, 4) is 0 Å². The molecule has 0 atom stereocenters. The Kier molecular flexibility index (Phi) is 4.63. The van der Waals surface area contributed by atoms with E-state index in [4.69, 9.17) is 20.9 Å². The number of nitrogen functional groups attached to an aromatic ring is 2. The van der Waals surface area contributed by atoms with E-state index in [9.17, 15) is 9.59 Å². The number of benzene rings is 2. The predicted molar refractivity (Wildman–Crippen MR) is 84.2 cm³/mol. The van der Waals surface area contributed by atoms with Crippen LogP contribution < -0.4 is 11.5 Å². The highest BCUT2D eigenvalue weighted by Crippen LogP contribution is 2.27. The Hall–Kier alpha value is -3.02. The molecule has 0 radical (unpaired) electrons. The minimum Gasteiger partial charge on any atom is -0.459 e. The molecular weight excluding hydrogens is 284 g/mol. The zero-order chi connectivity index (χ0) is 16.1. The van der Waals surface area contributed by atoms with E-state index in [0.717, 1.165) is 6.08 Å². The molecule has 0 aliphatic rings. The summed E-state index contributed by atoms with van der Waals surface area (Å²) in [6.45, 7) is 3.16. The van der Waals surface area contributed by atoms with Gasteiger partial charge in [-0.05, 0) is 23.6 Å². The molecule has 0 unspecified atom stereocenters. The van der Waals surface area contributed by atoms with Crippen LogP contribution in [0.3, 0.4) is 0 Å². The van der Waals surface area contributed by atoms with Crippen LogP contribution in [-0.2, 0) is 14.3 Å². The molecule has 4 N–H and O–H groups in total. The van der Waals surface area contributed by atoms with Gasteiger partial charge in [0.2, 0.25) is 0 Å². The fourth-order valence-corrected chi connectivity index (χ4v) is 2.01. The smallest absolute Gasteiger partial charge is 0.338 e. The van der Waals surface area contributed by atoms with Gasteiger partial charge in [0, 0.05) is 22.8 Å². The second-order valence-electron chi connectivity index (χ2n) is 4.52. The third-order valence-corrected chi connectivity index (χ3v) is 3.00. The van der Waals surface area contributed by atoms with Gasteiger partial charge in [0.05, 0.1) is 5.56 Å². The Morgan fingerprint density at radius 3 is 2.55 bits per heavy atom. The summed E-state index contributed by atoms with van der Waals surface area (Å²) < 4.78 is 9.81. The van der Waals surface area contributed by atoms with Gasteiger partial charge in [-0.1, -0.05) is 18.7 Å². The third kappa shape index (κ3) is 3.35. The SMILES string of the molecule is C=CC(=O)OCCOC(=O)c1cc(N)cc2c(N)cccc12. The van der Waals surface area contributed by atoms with Gasteiger partial charge in [0.25, 0.3) is 0 Å². The maximum atomic E-state index is 12.2. The number of ether oxygens (including phenoxy) is 2. The third-order valence-electron chi connectivity index (χ3n) is 3.00. The van der Waals surface area contributed by atoms with E-state index in [-0.39, 0.29) is 13.2 Å². The second kappa shape index (κ2) is 6.62. The van der Waals surface area contributed by atoms with Crippen LogP contribution in [0.1, 0.15) is 10.4 Å². The van der Waals surface area contributed by atoms with Crippen LogP contribution in [0.25, 0.3) is 10.8 Å². The van der Waals surface area contributed by atoms with Gasteiger partial charge in [0.1, 0.15) is 13.2 Å². The lowest BCUT2D eigenvalue weighted by molar-refractivity contribution is -0.138. The molecule has 0 heterocycles. The van der Waals surface area contributed by atoms with Crippen molar-refractivity contribution in [3.63, 3.8) is 0 Å². The number of hydrogen-bond donors (Lipinski definition) is 2. The molecule has 0 aromatic heterocycles. The first-order chi connectivity index (χ1) is 10.5. The van der Waals surface area contributed by atoms with Gasteiger partial charge < -0.3 is 20.9 Å². The number of esters is 2. The molecule has 2 aromatic rings. The molecule has 2 aromatic carbocycles. The van der Waals surface area contributed by atoms with Gasteiger partial charge in [-0.15, -0.1) is 0 Å². The van der Waals surface area contributed by atoms with Crippen molar-refractivity contribution in [1.29, 1.82) is 0 Å². The Bertz CT molecular complexity index is 740. The average molecular weight is 300 g/mol. The average Bonchev–Trinajstić information content (AvgIpc) is 2.51. The molecule has 0 aliphatic carbocycles. The number of fused-ring (bicyclic) bond motifs is 1. The first-order valence-corrected chi connectivity index (χ1v) is 6.57. The summed E-state index contributed by atoms with van der Waals surface area (Å²) in [5.41, 5.74) is 12.9. The van der Waals surface area contributed by atoms with Crippen molar-refractivity contribution < 1.29 is 19.1 Å². The molecule has 22 heavy (non-hydrogen) atoms. The van der Waals surface area contributed by atoms with E-state index in [1.807, 2.05) is 0 Å². The number of hydrogen-bond acceptors (Lipinski definition) is 6. The van der Waals surface area contributed by atoms with E-state index < -0.39 is 11.9 Å². The number of rotatable bonds is 5. The van der Waals surface area contributed by atoms with Crippen molar-refractivity contribution in [1.82, 2.24) is 0 Å². The lowest BCUT2D eigenvalue weighted by Crippen LogP contribution is -2.13. The lowest BCUT2D eigenvalue weighted by atomic mass is 10.0. The summed E-state index contributed by atoms with van der Waals surface area (Å²) in [7, 11) is 0. The molecule has 6 heteroatoms. The maximum absolute atomic E-state index is 12.2. The van der Waals surface area contributed by atoms with Crippen molar-refractivity contribution in [2.45, 2.75) is 0 Å². The fraction of sp³-hybridized carbons (Fsp3) is 0.125. The minimum atomic E-state index is -0.571. The van der Waals surface area contributed by atoms with E-state index in [1.165, 1.54) is 6.07 Å². The number of carbonyl (C=O) groups excluding carboxylic acids is 2. The van der Waals surface area contributed by atoms with E-state index in [1.54, 1.807) is 24.3 Å². The van der Waals surface area contributed by atoms with Crippen LogP contribution in [0.15, 0.2) is 43.0 Å². The quantitative estimate of drug-likeness (QED) is 0.378. The first-order valence-electron chi connectivity index (χ1n) is 6.57. The molecule has 0 spiro atoms. The summed E-state index contributed by atoms with van der Waals surface area (Å²) in [6, 6.07) is 8.47. The number of nitrogens with two attached hydrogens (primary N) is 2. The molecule has 0 fully saturated rings. The highest BCUT2D eigenvalue weighted by Gasteiger charge is 2.14. The van der Waals surface area contributed by atoms with Crippen LogP contribution in [0.2, 0.25) is 0 Å². The monoisotopic (exact) mass is 300 g/mol. The Balaban J connectivity index is 2.16. The number of carbonyl (C=O) groups is 2. The normalized spacial score (nSPS) is 10.2. The summed E-state index contributed by atoms with van der Waals surface area (Å²) in [5, 5.41) is 1.34. The fourth-order valence-electron chi connectivity index (χ4n) is 2.01. The molecule has 0 bridgehead atoms. The van der Waals surface area contributed by atoms with Crippen LogP contribution in [0.5, 0.6) is 0 Å². The summed E-state index contributed by atoms with van der Waals surface area (Å²) in [6.07, 6.45) is 1.04. The predicted octanol–water partition coefficient (Wildman–Crippen LogP) is 1.89. The van der Waals surface area contributed by atoms with Crippen LogP contribution in [-0.4, -0.2) is 25.2 Å². The topological polar surface area (TPSA) is 105 Å². The first kappa shape index (κ1) is 15.4. The van der Waals surface area contributed by atoms with E-state index >= 15 is 0 Å². The lowest BCUT2D eigenvalue weighted by Gasteiger charge is -2.10. The molecule has 6 nitrogen and oxygen atoms in total. The maximum Gasteiger partial charge on any atom is 0.338 e. The Morgan fingerprint density at radius 2 is 1.82 bits per heavy atom. The van der Waals surface area contributed by atoms with Gasteiger partial charge >= 0.3 is 11.9 Å². The highest BCUT2D eigenvalue weighted by molar-refractivity contribution is 6.09. The van der Waals surface area contributed by atoms with Gasteiger partial charge in [-0.25, -0.2) is 9.59 Å². The largest absolute Gasteiger partial charge is 0.459 e. The zero-order valence-electron chi connectivity index (χ0n) is 11.9. The van der Waals surface area contributed by atoms with Crippen LogP contribution >= 0.6 is 0 Å². The second-order valence-corrected chi connectivity index (χ2v) is 4.52. The molecule has 114 valence electrons. The molecular formula is C16H16N2O4. The van der Waals surface area contributed by atoms with Gasteiger partial charge in [0.15, 0.2) is 0 Å². The Labute approximate surface area is 127 Å². The molecule has 0 amide bonds. The zero-order valence-corrected chi connectivity index (χ0v) is 11.9.